The topological polar surface area (TPSA) is 46.2 Å². The highest BCUT2D eigenvalue weighted by Crippen LogP contribution is 2.39. The first kappa shape index (κ1) is 23.6. The largest absolute Gasteiger partial charge is 0.454 e. The fraction of sp³-hybridized carbons (Fsp3) is 0.333. The molecule has 176 valence electrons. The number of ether oxygens (including phenoxy) is 3. The molecule has 5 rings (SSSR count). The Labute approximate surface area is 205 Å². The number of benzene rings is 3. The van der Waals surface area contributed by atoms with E-state index in [9.17, 15) is 0 Å². The van der Waals surface area contributed by atoms with E-state index in [1.54, 1.807) is 11.8 Å². The fourth-order valence-electron chi connectivity index (χ4n) is 4.30. The molecule has 0 spiro atoms. The van der Waals surface area contributed by atoms with Crippen LogP contribution in [0.15, 0.2) is 95.9 Å². The Morgan fingerprint density at radius 3 is 1.97 bits per heavy atom. The summed E-state index contributed by atoms with van der Waals surface area (Å²) in [7, 11) is -0.319. The fourth-order valence-corrected chi connectivity index (χ4v) is 5.44. The average Bonchev–Trinajstić information content (AvgIpc) is 2.88. The van der Waals surface area contributed by atoms with E-state index in [-0.39, 0.29) is 37.0 Å². The molecule has 0 N–H and O–H groups in total. The van der Waals surface area contributed by atoms with Crippen LogP contribution in [0.2, 0.25) is 6.82 Å². The van der Waals surface area contributed by atoms with Crippen molar-refractivity contribution in [2.45, 2.75) is 54.8 Å². The molecule has 3 aromatic rings. The molecule has 0 aromatic heterocycles. The van der Waals surface area contributed by atoms with E-state index in [2.05, 4.69) is 36.4 Å². The van der Waals surface area contributed by atoms with Crippen molar-refractivity contribution in [3.05, 3.63) is 102 Å². The standard InChI is InChI=1S/C27H29BO5S/c1-28-31-19-23-24(33-28)25(29-17-20-11-5-2-6-12-20)26(30-18-21-13-7-3-8-14-21)27(32-23)34-22-15-9-4-10-16-22/h2-16,23-27H,17-19H2,1H3/t23?,24-,25-,26?,27-/m1/s1. The minimum Gasteiger partial charge on any atom is -0.408 e. The number of thioether (sulfide) groups is 1. The summed E-state index contributed by atoms with van der Waals surface area (Å²) in [6, 6.07) is 30.6. The summed E-state index contributed by atoms with van der Waals surface area (Å²) in [6.07, 6.45) is -1.15. The molecule has 3 aromatic carbocycles. The molecule has 34 heavy (non-hydrogen) atoms. The molecule has 2 unspecified atom stereocenters. The van der Waals surface area contributed by atoms with Crippen molar-refractivity contribution >= 4 is 18.9 Å². The van der Waals surface area contributed by atoms with Gasteiger partial charge in [-0.1, -0.05) is 90.6 Å². The van der Waals surface area contributed by atoms with Crippen molar-refractivity contribution in [3.63, 3.8) is 0 Å². The maximum Gasteiger partial charge on any atom is 0.454 e. The third-order valence-corrected chi connectivity index (χ3v) is 7.16. The van der Waals surface area contributed by atoms with Gasteiger partial charge in [-0.15, -0.1) is 0 Å². The third kappa shape index (κ3) is 5.92. The van der Waals surface area contributed by atoms with E-state index in [0.717, 1.165) is 16.0 Å². The molecular formula is C27H29BO5S. The van der Waals surface area contributed by atoms with Gasteiger partial charge in [-0.25, -0.2) is 0 Å². The van der Waals surface area contributed by atoms with Crippen molar-refractivity contribution in [2.75, 3.05) is 6.61 Å². The molecule has 2 aliphatic rings. The molecule has 0 bridgehead atoms. The quantitative estimate of drug-likeness (QED) is 0.416. The minimum atomic E-state index is -0.333. The van der Waals surface area contributed by atoms with E-state index < -0.39 is 0 Å². The summed E-state index contributed by atoms with van der Waals surface area (Å²) in [6.45, 7) is 3.32. The summed E-state index contributed by atoms with van der Waals surface area (Å²) >= 11 is 1.65. The van der Waals surface area contributed by atoms with Crippen LogP contribution in [0.4, 0.5) is 0 Å². The van der Waals surface area contributed by atoms with Crippen LogP contribution in [0.5, 0.6) is 0 Å². The van der Waals surface area contributed by atoms with E-state index >= 15 is 0 Å². The SMILES string of the molecule is CB1OCC2O[C@H](Sc3ccccc3)C(OCc3ccccc3)[C@H](OCc3ccccc3)[C@@H]2O1. The van der Waals surface area contributed by atoms with Gasteiger partial charge in [-0.3, -0.25) is 0 Å². The number of hydrogen-bond acceptors (Lipinski definition) is 6. The van der Waals surface area contributed by atoms with Gasteiger partial charge >= 0.3 is 7.12 Å². The molecule has 7 heteroatoms. The monoisotopic (exact) mass is 476 g/mol. The second-order valence-electron chi connectivity index (χ2n) is 8.50. The van der Waals surface area contributed by atoms with E-state index in [1.807, 2.05) is 61.4 Å². The van der Waals surface area contributed by atoms with Crippen molar-refractivity contribution in [2.24, 2.45) is 0 Å². The van der Waals surface area contributed by atoms with Crippen molar-refractivity contribution in [1.29, 1.82) is 0 Å². The second-order valence-corrected chi connectivity index (χ2v) is 9.67. The number of fused-ring (bicyclic) bond motifs is 1. The number of rotatable bonds is 8. The van der Waals surface area contributed by atoms with Crippen molar-refractivity contribution in [3.8, 4) is 0 Å². The average molecular weight is 476 g/mol. The van der Waals surface area contributed by atoms with Crippen LogP contribution >= 0.6 is 11.8 Å². The maximum absolute atomic E-state index is 6.56. The molecule has 2 saturated heterocycles. The van der Waals surface area contributed by atoms with Crippen LogP contribution in [0.3, 0.4) is 0 Å². The molecule has 0 amide bonds. The Morgan fingerprint density at radius 2 is 1.35 bits per heavy atom. The zero-order valence-corrected chi connectivity index (χ0v) is 20.0. The molecule has 0 radical (unpaired) electrons. The molecular weight excluding hydrogens is 447 g/mol. The summed E-state index contributed by atoms with van der Waals surface area (Å²) < 4.78 is 31.6. The zero-order chi connectivity index (χ0) is 23.2. The lowest BCUT2D eigenvalue weighted by atomic mass is 9.88. The lowest BCUT2D eigenvalue weighted by Gasteiger charge is -2.48. The predicted molar refractivity (Wildman–Crippen MR) is 133 cm³/mol. The molecule has 5 atom stereocenters. The van der Waals surface area contributed by atoms with Crippen molar-refractivity contribution in [1.82, 2.24) is 0 Å². The van der Waals surface area contributed by atoms with Gasteiger partial charge in [0.25, 0.3) is 0 Å². The summed E-state index contributed by atoms with van der Waals surface area (Å²) in [5, 5.41) is 0. The summed E-state index contributed by atoms with van der Waals surface area (Å²) in [5.41, 5.74) is 1.95. The highest BCUT2D eigenvalue weighted by molar-refractivity contribution is 7.99. The first-order chi connectivity index (χ1) is 16.8. The first-order valence-electron chi connectivity index (χ1n) is 11.7. The summed E-state index contributed by atoms with van der Waals surface area (Å²) in [5.74, 6) is 0. The van der Waals surface area contributed by atoms with Gasteiger partial charge in [-0.2, -0.15) is 0 Å². The van der Waals surface area contributed by atoms with Gasteiger partial charge in [-0.05, 0) is 30.1 Å². The van der Waals surface area contributed by atoms with Gasteiger partial charge in [0, 0.05) is 4.90 Å². The number of hydrogen-bond donors (Lipinski definition) is 0. The predicted octanol–water partition coefficient (Wildman–Crippen LogP) is 5.21. The Kier molecular flexibility index (Phi) is 8.01. The molecule has 5 nitrogen and oxygen atoms in total. The Bertz CT molecular complexity index is 1010. The lowest BCUT2D eigenvalue weighted by Crippen LogP contribution is -2.63. The van der Waals surface area contributed by atoms with E-state index in [4.69, 9.17) is 23.5 Å². The molecule has 0 saturated carbocycles. The Hall–Kier alpha value is -2.13. The third-order valence-electron chi connectivity index (χ3n) is 6.00. The Balaban J connectivity index is 1.41. The minimum absolute atomic E-state index is 0.227. The normalized spacial score (nSPS) is 26.7. The Morgan fingerprint density at radius 1 is 0.794 bits per heavy atom. The lowest BCUT2D eigenvalue weighted by molar-refractivity contribution is -0.244. The van der Waals surface area contributed by atoms with Gasteiger partial charge in [0.05, 0.1) is 25.9 Å². The van der Waals surface area contributed by atoms with Gasteiger partial charge in [0.2, 0.25) is 0 Å². The highest BCUT2D eigenvalue weighted by atomic mass is 32.2. The molecule has 2 aliphatic heterocycles. The van der Waals surface area contributed by atoms with Crippen LogP contribution in [0, 0.1) is 0 Å². The zero-order valence-electron chi connectivity index (χ0n) is 19.2. The van der Waals surface area contributed by atoms with E-state index in [0.29, 0.717) is 19.8 Å². The van der Waals surface area contributed by atoms with Crippen LogP contribution < -0.4 is 0 Å². The van der Waals surface area contributed by atoms with Crippen LogP contribution in [0.25, 0.3) is 0 Å². The first-order valence-corrected chi connectivity index (χ1v) is 12.6. The van der Waals surface area contributed by atoms with Crippen LogP contribution in [-0.4, -0.2) is 43.6 Å². The van der Waals surface area contributed by atoms with Crippen LogP contribution in [0.1, 0.15) is 11.1 Å². The van der Waals surface area contributed by atoms with E-state index in [1.165, 1.54) is 0 Å². The molecule has 2 fully saturated rings. The molecule has 2 heterocycles. The molecule has 0 aliphatic carbocycles. The van der Waals surface area contributed by atoms with Gasteiger partial charge < -0.3 is 23.5 Å². The highest BCUT2D eigenvalue weighted by Gasteiger charge is 2.51. The van der Waals surface area contributed by atoms with Gasteiger partial charge in [0.15, 0.2) is 0 Å². The summed E-state index contributed by atoms with van der Waals surface area (Å²) in [4.78, 5) is 1.12. The van der Waals surface area contributed by atoms with Gasteiger partial charge in [0.1, 0.15) is 23.7 Å². The maximum atomic E-state index is 6.56. The smallest absolute Gasteiger partial charge is 0.408 e. The van der Waals surface area contributed by atoms with Crippen molar-refractivity contribution < 1.29 is 23.5 Å². The van der Waals surface area contributed by atoms with Crippen LogP contribution in [-0.2, 0) is 36.7 Å². The second kappa shape index (κ2) is 11.5.